The molecule has 0 aromatic rings. The summed E-state index contributed by atoms with van der Waals surface area (Å²) in [6, 6.07) is 0. The average Bonchev–Trinajstić information content (AvgIpc) is 2.14. The van der Waals surface area contributed by atoms with Crippen LogP contribution in [0.1, 0.15) is 27.2 Å². The van der Waals surface area contributed by atoms with Gasteiger partial charge < -0.3 is 4.74 Å². The van der Waals surface area contributed by atoms with Crippen LogP contribution in [0.3, 0.4) is 0 Å². The minimum atomic E-state index is -3.93. The minimum absolute atomic E-state index is 0.168. The minimum Gasteiger partial charge on any atom is -0.464 e. The summed E-state index contributed by atoms with van der Waals surface area (Å²) in [5, 5.41) is 0. The van der Waals surface area contributed by atoms with E-state index in [1.807, 2.05) is 4.72 Å². The van der Waals surface area contributed by atoms with Crippen molar-refractivity contribution < 1.29 is 22.1 Å². The summed E-state index contributed by atoms with van der Waals surface area (Å²) in [6.07, 6.45) is -0.992. The summed E-state index contributed by atoms with van der Waals surface area (Å²) in [5.41, 5.74) is 0. The second kappa shape index (κ2) is 6.67. The molecule has 0 heterocycles. The van der Waals surface area contributed by atoms with Crippen molar-refractivity contribution in [1.29, 1.82) is 0 Å². The summed E-state index contributed by atoms with van der Waals surface area (Å²) in [5.74, 6) is -0.696. The van der Waals surface area contributed by atoms with Gasteiger partial charge in [0.15, 0.2) is 6.10 Å². The van der Waals surface area contributed by atoms with E-state index >= 15 is 0 Å². The lowest BCUT2D eigenvalue weighted by Crippen LogP contribution is -2.37. The van der Waals surface area contributed by atoms with Crippen molar-refractivity contribution in [2.45, 2.75) is 37.6 Å². The van der Waals surface area contributed by atoms with Gasteiger partial charge in [-0.05, 0) is 20.8 Å². The van der Waals surface area contributed by atoms with Crippen molar-refractivity contribution in [2.24, 2.45) is 0 Å². The van der Waals surface area contributed by atoms with Crippen LogP contribution in [0.5, 0.6) is 0 Å². The van der Waals surface area contributed by atoms with Gasteiger partial charge >= 0.3 is 16.3 Å². The van der Waals surface area contributed by atoms with Gasteiger partial charge in [0.1, 0.15) is 0 Å². The standard InChI is InChI=1S/C9H18BrNO5S/c1-5-15-8(12)7(6-9(2,3)10)16-17(13,14)11-4/h7,11H,5-6H2,1-4H3/t7-/m0/s1. The van der Waals surface area contributed by atoms with Crippen molar-refractivity contribution in [3.05, 3.63) is 0 Å². The van der Waals surface area contributed by atoms with Crippen molar-refractivity contribution >= 4 is 32.2 Å². The molecule has 17 heavy (non-hydrogen) atoms. The second-order valence-corrected chi connectivity index (χ2v) is 7.57. The molecule has 0 radical (unpaired) electrons. The van der Waals surface area contributed by atoms with Gasteiger partial charge in [-0.2, -0.15) is 13.1 Å². The normalized spacial score (nSPS) is 14.4. The molecule has 0 unspecified atom stereocenters. The fourth-order valence-electron chi connectivity index (χ4n) is 1.03. The summed E-state index contributed by atoms with van der Waals surface area (Å²) in [7, 11) is -2.72. The van der Waals surface area contributed by atoms with E-state index in [1.54, 1.807) is 20.8 Å². The molecule has 0 saturated heterocycles. The van der Waals surface area contributed by atoms with Crippen LogP contribution in [0.25, 0.3) is 0 Å². The molecule has 102 valence electrons. The predicted octanol–water partition coefficient (Wildman–Crippen LogP) is 0.962. The molecule has 0 saturated carbocycles. The van der Waals surface area contributed by atoms with Crippen LogP contribution in [-0.2, 0) is 24.0 Å². The number of ether oxygens (including phenoxy) is 1. The highest BCUT2D eigenvalue weighted by Crippen LogP contribution is 2.25. The molecule has 0 fully saturated rings. The fraction of sp³-hybridized carbons (Fsp3) is 0.889. The van der Waals surface area contributed by atoms with Gasteiger partial charge in [-0.1, -0.05) is 15.9 Å². The molecule has 0 aromatic carbocycles. The fourth-order valence-corrected chi connectivity index (χ4v) is 1.88. The summed E-state index contributed by atoms with van der Waals surface area (Å²) >= 11 is 3.33. The van der Waals surface area contributed by atoms with E-state index in [2.05, 4.69) is 15.9 Å². The topological polar surface area (TPSA) is 81.7 Å². The van der Waals surface area contributed by atoms with E-state index in [-0.39, 0.29) is 13.0 Å². The predicted molar refractivity (Wildman–Crippen MR) is 67.1 cm³/mol. The molecule has 0 aromatic heterocycles. The zero-order valence-electron chi connectivity index (χ0n) is 10.3. The molecule has 6 nitrogen and oxygen atoms in total. The number of hydrogen-bond acceptors (Lipinski definition) is 5. The number of esters is 1. The average molecular weight is 332 g/mol. The van der Waals surface area contributed by atoms with Gasteiger partial charge in [0.05, 0.1) is 6.61 Å². The molecule has 1 atom stereocenters. The first kappa shape index (κ1) is 16.8. The van der Waals surface area contributed by atoms with Crippen LogP contribution in [0.2, 0.25) is 0 Å². The zero-order valence-corrected chi connectivity index (χ0v) is 12.7. The van der Waals surface area contributed by atoms with Crippen LogP contribution in [0.15, 0.2) is 0 Å². The number of carbonyl (C=O) groups excluding carboxylic acids is 1. The Kier molecular flexibility index (Phi) is 6.60. The summed E-state index contributed by atoms with van der Waals surface area (Å²) in [6.45, 7) is 5.41. The molecular formula is C9H18BrNO5S. The largest absolute Gasteiger partial charge is 0.464 e. The first-order chi connectivity index (χ1) is 7.61. The Bertz CT molecular complexity index is 349. The number of alkyl halides is 1. The molecule has 0 bridgehead atoms. The van der Waals surface area contributed by atoms with E-state index in [0.29, 0.717) is 0 Å². The molecule has 0 spiro atoms. The molecule has 0 aliphatic rings. The number of halogens is 1. The maximum absolute atomic E-state index is 11.6. The third kappa shape index (κ3) is 7.69. The Morgan fingerprint density at radius 2 is 2.00 bits per heavy atom. The summed E-state index contributed by atoms with van der Waals surface area (Å²) in [4.78, 5) is 11.6. The number of carbonyl (C=O) groups is 1. The third-order valence-corrected chi connectivity index (χ3v) is 3.02. The van der Waals surface area contributed by atoms with Crippen LogP contribution in [-0.4, -0.2) is 38.5 Å². The monoisotopic (exact) mass is 331 g/mol. The van der Waals surface area contributed by atoms with Gasteiger partial charge in [-0.15, -0.1) is 0 Å². The zero-order chi connectivity index (χ0) is 13.7. The molecule has 8 heteroatoms. The first-order valence-corrected chi connectivity index (χ1v) is 7.28. The van der Waals surface area contributed by atoms with Crippen molar-refractivity contribution in [3.63, 3.8) is 0 Å². The quantitative estimate of drug-likeness (QED) is 0.555. The van der Waals surface area contributed by atoms with Crippen LogP contribution in [0.4, 0.5) is 0 Å². The van der Waals surface area contributed by atoms with Crippen molar-refractivity contribution in [3.8, 4) is 0 Å². The maximum atomic E-state index is 11.6. The van der Waals surface area contributed by atoms with Crippen molar-refractivity contribution in [2.75, 3.05) is 13.7 Å². The molecule has 1 N–H and O–H groups in total. The van der Waals surface area contributed by atoms with Crippen LogP contribution < -0.4 is 4.72 Å². The van der Waals surface area contributed by atoms with E-state index in [1.165, 1.54) is 7.05 Å². The number of nitrogens with one attached hydrogen (secondary N) is 1. The highest BCUT2D eigenvalue weighted by atomic mass is 79.9. The Morgan fingerprint density at radius 1 is 1.47 bits per heavy atom. The third-order valence-electron chi connectivity index (χ3n) is 1.71. The van der Waals surface area contributed by atoms with E-state index in [4.69, 9.17) is 8.92 Å². The van der Waals surface area contributed by atoms with Gasteiger partial charge in [0.25, 0.3) is 0 Å². The van der Waals surface area contributed by atoms with Gasteiger partial charge in [0.2, 0.25) is 0 Å². The lowest BCUT2D eigenvalue weighted by Gasteiger charge is -2.22. The Balaban J connectivity index is 4.80. The number of hydrogen-bond donors (Lipinski definition) is 1. The second-order valence-electron chi connectivity index (χ2n) is 3.92. The van der Waals surface area contributed by atoms with E-state index in [0.717, 1.165) is 0 Å². The Labute approximate surface area is 110 Å². The molecule has 0 amide bonds. The van der Waals surface area contributed by atoms with Gasteiger partial charge in [0, 0.05) is 17.8 Å². The van der Waals surface area contributed by atoms with E-state index in [9.17, 15) is 13.2 Å². The molecule has 0 aliphatic carbocycles. The van der Waals surface area contributed by atoms with Crippen LogP contribution in [0, 0.1) is 0 Å². The summed E-state index contributed by atoms with van der Waals surface area (Å²) < 4.78 is 33.5. The Hall–Kier alpha value is -0.180. The Morgan fingerprint density at radius 3 is 2.35 bits per heavy atom. The molecule has 0 aliphatic heterocycles. The van der Waals surface area contributed by atoms with Gasteiger partial charge in [-0.3, -0.25) is 0 Å². The highest BCUT2D eigenvalue weighted by molar-refractivity contribution is 9.10. The highest BCUT2D eigenvalue weighted by Gasteiger charge is 2.31. The van der Waals surface area contributed by atoms with E-state index < -0.39 is 26.7 Å². The van der Waals surface area contributed by atoms with Gasteiger partial charge in [-0.25, -0.2) is 8.98 Å². The van der Waals surface area contributed by atoms with Crippen LogP contribution >= 0.6 is 15.9 Å². The van der Waals surface area contributed by atoms with Crippen molar-refractivity contribution in [1.82, 2.24) is 4.72 Å². The smallest absolute Gasteiger partial charge is 0.336 e. The lowest BCUT2D eigenvalue weighted by atomic mass is 10.1. The number of rotatable bonds is 7. The lowest BCUT2D eigenvalue weighted by molar-refractivity contribution is -0.151. The maximum Gasteiger partial charge on any atom is 0.336 e. The SMILES string of the molecule is CCOC(=O)[C@H](CC(C)(C)Br)OS(=O)(=O)NC. The molecule has 0 rings (SSSR count). The molecular weight excluding hydrogens is 314 g/mol. The first-order valence-electron chi connectivity index (χ1n) is 5.08.